The molecule has 0 unspecified atom stereocenters. The summed E-state index contributed by atoms with van der Waals surface area (Å²) < 4.78 is 40.0. The Balaban J connectivity index is 2.26. The van der Waals surface area contributed by atoms with Crippen LogP contribution in [-0.4, -0.2) is 30.8 Å². The number of hydrogen-bond donors (Lipinski definition) is 1. The first kappa shape index (κ1) is 17.9. The Labute approximate surface area is 135 Å². The predicted molar refractivity (Wildman–Crippen MR) is 84.5 cm³/mol. The largest absolute Gasteiger partial charge is 0.497 e. The van der Waals surface area contributed by atoms with Crippen molar-refractivity contribution in [3.63, 3.8) is 0 Å². The molecule has 0 bridgehead atoms. The molecule has 1 aromatic carbocycles. The van der Waals surface area contributed by atoms with Gasteiger partial charge in [0.2, 0.25) is 5.91 Å². The molecule has 0 saturated carbocycles. The van der Waals surface area contributed by atoms with Gasteiger partial charge in [-0.3, -0.25) is 4.79 Å². The van der Waals surface area contributed by atoms with Crippen molar-refractivity contribution in [2.24, 2.45) is 0 Å². The highest BCUT2D eigenvalue weighted by Crippen LogP contribution is 2.36. The van der Waals surface area contributed by atoms with E-state index in [-0.39, 0.29) is 23.4 Å². The number of carbonyl (C=O) groups is 1. The quantitative estimate of drug-likeness (QED) is 0.861. The number of benzene rings is 1. The molecule has 2 rings (SSSR count). The van der Waals surface area contributed by atoms with Gasteiger partial charge < -0.3 is 14.6 Å². The van der Waals surface area contributed by atoms with Crippen LogP contribution in [0.15, 0.2) is 12.1 Å². The third-order valence-corrected chi connectivity index (χ3v) is 4.40. The minimum absolute atomic E-state index is 0.000740. The molecule has 1 aromatic rings. The summed E-state index contributed by atoms with van der Waals surface area (Å²) in [5.41, 5.74) is -1.27. The first-order valence-electron chi connectivity index (χ1n) is 7.67. The zero-order valence-electron chi connectivity index (χ0n) is 14.1. The van der Waals surface area contributed by atoms with Crippen molar-refractivity contribution in [3.8, 4) is 0 Å². The normalized spacial score (nSPS) is 19.0. The Bertz CT molecular complexity index is 604. The van der Waals surface area contributed by atoms with Crippen LogP contribution in [0.1, 0.15) is 40.2 Å². The lowest BCUT2D eigenvalue weighted by Crippen LogP contribution is -2.41. The van der Waals surface area contributed by atoms with Gasteiger partial charge >= 0.3 is 7.12 Å². The van der Waals surface area contributed by atoms with Crippen LogP contribution in [0.3, 0.4) is 0 Å². The van der Waals surface area contributed by atoms with Gasteiger partial charge in [-0.25, -0.2) is 8.78 Å². The number of likely N-dealkylation sites (N-methyl/N-ethyl adjacent to an activating group) is 1. The topological polar surface area (TPSA) is 47.6 Å². The van der Waals surface area contributed by atoms with Crippen LogP contribution >= 0.6 is 0 Å². The van der Waals surface area contributed by atoms with E-state index in [0.717, 1.165) is 12.1 Å². The molecule has 1 aliphatic heterocycles. The first-order chi connectivity index (χ1) is 10.6. The van der Waals surface area contributed by atoms with E-state index in [4.69, 9.17) is 9.31 Å². The minimum Gasteiger partial charge on any atom is -0.399 e. The molecule has 1 amide bonds. The standard InChI is InChI=1S/C16H22BF2NO3/c1-6-20-14(21)8-10-7-13(19)11(9-12(10)18)17-22-15(2,3)16(4,5)23-17/h7,9H,6,8H2,1-5H3,(H,20,21). The summed E-state index contributed by atoms with van der Waals surface area (Å²) in [5.74, 6) is -1.65. The number of carbonyl (C=O) groups excluding carboxylic acids is 1. The van der Waals surface area contributed by atoms with Crippen LogP contribution in [0, 0.1) is 11.6 Å². The number of hydrogen-bond acceptors (Lipinski definition) is 3. The maximum atomic E-state index is 14.4. The molecule has 126 valence electrons. The molecule has 1 heterocycles. The van der Waals surface area contributed by atoms with Crippen molar-refractivity contribution < 1.29 is 22.9 Å². The molecule has 7 heteroatoms. The fourth-order valence-electron chi connectivity index (χ4n) is 2.32. The second-order valence-corrected chi connectivity index (χ2v) is 6.68. The molecule has 1 fully saturated rings. The monoisotopic (exact) mass is 325 g/mol. The Morgan fingerprint density at radius 2 is 1.70 bits per heavy atom. The van der Waals surface area contributed by atoms with Crippen molar-refractivity contribution in [2.75, 3.05) is 6.54 Å². The Kier molecular flexibility index (Phi) is 4.82. The van der Waals surface area contributed by atoms with Gasteiger partial charge in [-0.2, -0.15) is 0 Å². The summed E-state index contributed by atoms with van der Waals surface area (Å²) in [5, 5.41) is 2.55. The van der Waals surface area contributed by atoms with Crippen molar-refractivity contribution in [2.45, 2.75) is 52.2 Å². The van der Waals surface area contributed by atoms with E-state index in [2.05, 4.69) is 5.32 Å². The highest BCUT2D eigenvalue weighted by molar-refractivity contribution is 6.62. The summed E-state index contributed by atoms with van der Waals surface area (Å²) >= 11 is 0. The lowest BCUT2D eigenvalue weighted by molar-refractivity contribution is -0.120. The third kappa shape index (κ3) is 3.56. The van der Waals surface area contributed by atoms with E-state index in [1.54, 1.807) is 6.92 Å². The van der Waals surface area contributed by atoms with Gasteiger partial charge in [-0.05, 0) is 52.3 Å². The third-order valence-electron chi connectivity index (χ3n) is 4.40. The van der Waals surface area contributed by atoms with E-state index >= 15 is 0 Å². The van der Waals surface area contributed by atoms with Crippen molar-refractivity contribution in [1.82, 2.24) is 5.32 Å². The van der Waals surface area contributed by atoms with Crippen molar-refractivity contribution in [1.29, 1.82) is 0 Å². The summed E-state index contributed by atoms with van der Waals surface area (Å²) in [6.45, 7) is 9.55. The zero-order valence-corrected chi connectivity index (χ0v) is 14.1. The molecular formula is C16H22BF2NO3. The Hall–Kier alpha value is -1.47. The van der Waals surface area contributed by atoms with Crippen LogP contribution in [0.4, 0.5) is 8.78 Å². The highest BCUT2D eigenvalue weighted by Gasteiger charge is 2.52. The van der Waals surface area contributed by atoms with Gasteiger partial charge in [0.25, 0.3) is 0 Å². The fourth-order valence-corrected chi connectivity index (χ4v) is 2.32. The van der Waals surface area contributed by atoms with E-state index < -0.39 is 30.0 Å². The summed E-state index contributed by atoms with van der Waals surface area (Å²) in [6, 6.07) is 2.08. The number of rotatable bonds is 4. The van der Waals surface area contributed by atoms with E-state index in [0.29, 0.717) is 6.54 Å². The maximum Gasteiger partial charge on any atom is 0.497 e. The van der Waals surface area contributed by atoms with Crippen LogP contribution < -0.4 is 10.8 Å². The second-order valence-electron chi connectivity index (χ2n) is 6.68. The van der Waals surface area contributed by atoms with Gasteiger partial charge in [0.05, 0.1) is 17.6 Å². The Morgan fingerprint density at radius 3 is 2.22 bits per heavy atom. The van der Waals surface area contributed by atoms with Gasteiger partial charge in [0.15, 0.2) is 0 Å². The fraction of sp³-hybridized carbons (Fsp3) is 0.562. The number of nitrogens with one attached hydrogen (secondary N) is 1. The molecule has 0 aromatic heterocycles. The molecule has 1 aliphatic rings. The molecule has 0 atom stereocenters. The van der Waals surface area contributed by atoms with Crippen molar-refractivity contribution in [3.05, 3.63) is 29.3 Å². The van der Waals surface area contributed by atoms with Crippen molar-refractivity contribution >= 4 is 18.5 Å². The van der Waals surface area contributed by atoms with E-state index in [1.165, 1.54) is 0 Å². The van der Waals surface area contributed by atoms with Gasteiger partial charge in [0, 0.05) is 12.0 Å². The van der Waals surface area contributed by atoms with Crippen LogP contribution in [0.2, 0.25) is 0 Å². The summed E-state index contributed by atoms with van der Waals surface area (Å²) in [4.78, 5) is 11.5. The molecule has 0 spiro atoms. The first-order valence-corrected chi connectivity index (χ1v) is 7.67. The van der Waals surface area contributed by atoms with Gasteiger partial charge in [0.1, 0.15) is 11.6 Å². The smallest absolute Gasteiger partial charge is 0.399 e. The SMILES string of the molecule is CCNC(=O)Cc1cc(F)c(B2OC(C)(C)C(C)(C)O2)cc1F. The van der Waals surface area contributed by atoms with E-state index in [9.17, 15) is 13.6 Å². The van der Waals surface area contributed by atoms with Crippen LogP contribution in [-0.2, 0) is 20.5 Å². The Morgan fingerprint density at radius 1 is 1.13 bits per heavy atom. The second kappa shape index (κ2) is 6.21. The highest BCUT2D eigenvalue weighted by atomic mass is 19.1. The molecule has 1 N–H and O–H groups in total. The lowest BCUT2D eigenvalue weighted by atomic mass is 9.78. The predicted octanol–water partition coefficient (Wildman–Crippen LogP) is 1.94. The summed E-state index contributed by atoms with van der Waals surface area (Å²) in [6.07, 6.45) is -0.208. The average Bonchev–Trinajstić information content (AvgIpc) is 2.62. The maximum absolute atomic E-state index is 14.4. The molecule has 0 radical (unpaired) electrons. The summed E-state index contributed by atoms with van der Waals surface area (Å²) in [7, 11) is -0.979. The molecule has 0 aliphatic carbocycles. The number of halogens is 2. The molecular weight excluding hydrogens is 303 g/mol. The zero-order chi connectivity index (χ0) is 17.4. The molecule has 4 nitrogen and oxygen atoms in total. The van der Waals surface area contributed by atoms with E-state index in [1.807, 2.05) is 27.7 Å². The minimum atomic E-state index is -0.979. The van der Waals surface area contributed by atoms with Crippen LogP contribution in [0.25, 0.3) is 0 Å². The van der Waals surface area contributed by atoms with Crippen LogP contribution in [0.5, 0.6) is 0 Å². The molecule has 1 saturated heterocycles. The number of amides is 1. The average molecular weight is 325 g/mol. The molecule has 23 heavy (non-hydrogen) atoms. The van der Waals surface area contributed by atoms with Gasteiger partial charge in [-0.1, -0.05) is 0 Å². The lowest BCUT2D eigenvalue weighted by Gasteiger charge is -2.32. The van der Waals surface area contributed by atoms with Gasteiger partial charge in [-0.15, -0.1) is 0 Å².